The minimum Gasteiger partial charge on any atom is -0.492 e. The number of benzene rings is 1. The highest BCUT2D eigenvalue weighted by Gasteiger charge is 2.14. The van der Waals surface area contributed by atoms with E-state index in [1.54, 1.807) is 12.3 Å². The summed E-state index contributed by atoms with van der Waals surface area (Å²) in [5.41, 5.74) is 1.26. The summed E-state index contributed by atoms with van der Waals surface area (Å²) >= 11 is 0. The third kappa shape index (κ3) is 4.97. The Kier molecular flexibility index (Phi) is 6.47. The predicted molar refractivity (Wildman–Crippen MR) is 105 cm³/mol. The number of para-hydroxylation sites is 2. The van der Waals surface area contributed by atoms with Gasteiger partial charge < -0.3 is 15.4 Å². The first-order valence-corrected chi connectivity index (χ1v) is 9.52. The first kappa shape index (κ1) is 18.2. The van der Waals surface area contributed by atoms with Crippen molar-refractivity contribution in [1.82, 2.24) is 4.98 Å². The molecule has 0 radical (unpaired) electrons. The lowest BCUT2D eigenvalue weighted by atomic mass is 10.1. The second-order valence-corrected chi connectivity index (χ2v) is 6.65. The molecule has 0 bridgehead atoms. The molecule has 0 atom stereocenters. The molecule has 1 heterocycles. The SMILES string of the molecule is CCOc1ccccc1NC(=O)c1ccnc(NC2CCCCCC2)c1. The topological polar surface area (TPSA) is 63.2 Å². The van der Waals surface area contributed by atoms with Crippen LogP contribution in [0.5, 0.6) is 5.75 Å². The van der Waals surface area contributed by atoms with E-state index in [2.05, 4.69) is 15.6 Å². The van der Waals surface area contributed by atoms with Crippen molar-refractivity contribution in [1.29, 1.82) is 0 Å². The summed E-state index contributed by atoms with van der Waals surface area (Å²) in [6.07, 6.45) is 9.15. The average molecular weight is 353 g/mol. The van der Waals surface area contributed by atoms with E-state index >= 15 is 0 Å². The number of amides is 1. The van der Waals surface area contributed by atoms with Crippen molar-refractivity contribution in [3.63, 3.8) is 0 Å². The molecule has 1 aliphatic rings. The number of carbonyl (C=O) groups excluding carboxylic acids is 1. The zero-order valence-corrected chi connectivity index (χ0v) is 15.3. The van der Waals surface area contributed by atoms with Crippen molar-refractivity contribution in [2.75, 3.05) is 17.2 Å². The number of rotatable bonds is 6. The fraction of sp³-hybridized carbons (Fsp3) is 0.429. The smallest absolute Gasteiger partial charge is 0.255 e. The summed E-state index contributed by atoms with van der Waals surface area (Å²) in [5, 5.41) is 6.43. The molecule has 0 aliphatic heterocycles. The van der Waals surface area contributed by atoms with Crippen LogP contribution in [0.3, 0.4) is 0 Å². The van der Waals surface area contributed by atoms with Crippen molar-refractivity contribution in [3.8, 4) is 5.75 Å². The van der Waals surface area contributed by atoms with E-state index in [4.69, 9.17) is 4.74 Å². The molecular weight excluding hydrogens is 326 g/mol. The Morgan fingerprint density at radius 2 is 1.92 bits per heavy atom. The molecule has 2 aromatic rings. The van der Waals surface area contributed by atoms with E-state index in [-0.39, 0.29) is 5.91 Å². The van der Waals surface area contributed by atoms with Gasteiger partial charge in [-0.1, -0.05) is 37.8 Å². The van der Waals surface area contributed by atoms with E-state index in [1.807, 2.05) is 37.3 Å². The Labute approximate surface area is 155 Å². The highest BCUT2D eigenvalue weighted by atomic mass is 16.5. The first-order chi connectivity index (χ1) is 12.8. The van der Waals surface area contributed by atoms with Gasteiger partial charge in [0.2, 0.25) is 0 Å². The third-order valence-corrected chi connectivity index (χ3v) is 4.66. The van der Waals surface area contributed by atoms with Gasteiger partial charge >= 0.3 is 0 Å². The van der Waals surface area contributed by atoms with Crippen molar-refractivity contribution >= 4 is 17.4 Å². The van der Waals surface area contributed by atoms with Crippen LogP contribution in [0.2, 0.25) is 0 Å². The second kappa shape index (κ2) is 9.22. The molecule has 0 unspecified atom stereocenters. The summed E-state index contributed by atoms with van der Waals surface area (Å²) in [5.74, 6) is 1.28. The van der Waals surface area contributed by atoms with Gasteiger partial charge in [-0.3, -0.25) is 4.79 Å². The van der Waals surface area contributed by atoms with Gasteiger partial charge in [0, 0.05) is 17.8 Å². The number of aromatic nitrogens is 1. The number of ether oxygens (including phenoxy) is 1. The maximum absolute atomic E-state index is 12.6. The highest BCUT2D eigenvalue weighted by Crippen LogP contribution is 2.25. The number of hydrogen-bond acceptors (Lipinski definition) is 4. The Morgan fingerprint density at radius 1 is 1.15 bits per heavy atom. The van der Waals surface area contributed by atoms with Crippen molar-refractivity contribution < 1.29 is 9.53 Å². The van der Waals surface area contributed by atoms with Crippen LogP contribution in [0.25, 0.3) is 0 Å². The summed E-state index contributed by atoms with van der Waals surface area (Å²) in [6, 6.07) is 11.5. The summed E-state index contributed by atoms with van der Waals surface area (Å²) in [7, 11) is 0. The molecular formula is C21H27N3O2. The van der Waals surface area contributed by atoms with Crippen LogP contribution in [0.15, 0.2) is 42.6 Å². The number of nitrogens with zero attached hydrogens (tertiary/aromatic N) is 1. The quantitative estimate of drug-likeness (QED) is 0.728. The van der Waals surface area contributed by atoms with Gasteiger partial charge in [-0.25, -0.2) is 4.98 Å². The van der Waals surface area contributed by atoms with Crippen LogP contribution in [-0.4, -0.2) is 23.5 Å². The van der Waals surface area contributed by atoms with Gasteiger partial charge in [0.25, 0.3) is 5.91 Å². The number of hydrogen-bond donors (Lipinski definition) is 2. The Bertz CT molecular complexity index is 725. The molecule has 1 aromatic carbocycles. The van der Waals surface area contributed by atoms with Crippen molar-refractivity contribution in [3.05, 3.63) is 48.2 Å². The average Bonchev–Trinajstić information content (AvgIpc) is 2.92. The van der Waals surface area contributed by atoms with Crippen LogP contribution in [-0.2, 0) is 0 Å². The molecule has 5 nitrogen and oxygen atoms in total. The highest BCUT2D eigenvalue weighted by molar-refractivity contribution is 6.05. The summed E-state index contributed by atoms with van der Waals surface area (Å²) in [4.78, 5) is 17.0. The van der Waals surface area contributed by atoms with E-state index in [0.29, 0.717) is 29.6 Å². The molecule has 1 fully saturated rings. The van der Waals surface area contributed by atoms with Gasteiger partial charge in [-0.15, -0.1) is 0 Å². The first-order valence-electron chi connectivity index (χ1n) is 9.52. The van der Waals surface area contributed by atoms with Crippen molar-refractivity contribution in [2.45, 2.75) is 51.5 Å². The molecule has 26 heavy (non-hydrogen) atoms. The zero-order chi connectivity index (χ0) is 18.2. The van der Waals surface area contributed by atoms with Crippen LogP contribution in [0.4, 0.5) is 11.5 Å². The standard InChI is InChI=1S/C21H27N3O2/c1-2-26-19-12-8-7-11-18(19)24-21(25)16-13-14-22-20(15-16)23-17-9-5-3-4-6-10-17/h7-8,11-15,17H,2-6,9-10H2,1H3,(H,22,23)(H,24,25). The van der Waals surface area contributed by atoms with E-state index < -0.39 is 0 Å². The lowest BCUT2D eigenvalue weighted by molar-refractivity contribution is 0.102. The number of pyridine rings is 1. The largest absolute Gasteiger partial charge is 0.492 e. The van der Waals surface area contributed by atoms with Gasteiger partial charge in [-0.2, -0.15) is 0 Å². The molecule has 1 saturated carbocycles. The van der Waals surface area contributed by atoms with Crippen LogP contribution < -0.4 is 15.4 Å². The molecule has 2 N–H and O–H groups in total. The molecule has 0 saturated heterocycles. The minimum atomic E-state index is -0.163. The van der Waals surface area contributed by atoms with Crippen LogP contribution in [0.1, 0.15) is 55.8 Å². The molecule has 0 spiro atoms. The molecule has 1 aliphatic carbocycles. The zero-order valence-electron chi connectivity index (χ0n) is 15.3. The van der Waals surface area contributed by atoms with Crippen molar-refractivity contribution in [2.24, 2.45) is 0 Å². The lowest BCUT2D eigenvalue weighted by Crippen LogP contribution is -2.20. The lowest BCUT2D eigenvalue weighted by Gasteiger charge is -2.17. The molecule has 3 rings (SSSR count). The Morgan fingerprint density at radius 3 is 2.69 bits per heavy atom. The Hall–Kier alpha value is -2.56. The van der Waals surface area contributed by atoms with Gasteiger partial charge in [0.1, 0.15) is 11.6 Å². The maximum atomic E-state index is 12.6. The molecule has 5 heteroatoms. The second-order valence-electron chi connectivity index (χ2n) is 6.65. The molecule has 1 aromatic heterocycles. The third-order valence-electron chi connectivity index (χ3n) is 4.66. The summed E-state index contributed by atoms with van der Waals surface area (Å²) < 4.78 is 5.57. The fourth-order valence-electron chi connectivity index (χ4n) is 3.33. The predicted octanol–water partition coefficient (Wildman–Crippen LogP) is 4.87. The number of nitrogens with one attached hydrogen (secondary N) is 2. The van der Waals surface area contributed by atoms with Crippen LogP contribution in [0, 0.1) is 0 Å². The monoisotopic (exact) mass is 353 g/mol. The van der Waals surface area contributed by atoms with Gasteiger partial charge in [-0.05, 0) is 44.0 Å². The fourth-order valence-corrected chi connectivity index (χ4v) is 3.33. The minimum absolute atomic E-state index is 0.163. The molecule has 1 amide bonds. The summed E-state index contributed by atoms with van der Waals surface area (Å²) in [6.45, 7) is 2.48. The Balaban J connectivity index is 1.68. The van der Waals surface area contributed by atoms with E-state index in [1.165, 1.54) is 38.5 Å². The van der Waals surface area contributed by atoms with Gasteiger partial charge in [0.15, 0.2) is 0 Å². The normalized spacial score (nSPS) is 15.1. The van der Waals surface area contributed by atoms with Crippen LogP contribution >= 0.6 is 0 Å². The molecule has 138 valence electrons. The number of carbonyl (C=O) groups is 1. The van der Waals surface area contributed by atoms with E-state index in [0.717, 1.165) is 5.82 Å². The van der Waals surface area contributed by atoms with E-state index in [9.17, 15) is 4.79 Å². The maximum Gasteiger partial charge on any atom is 0.255 e. The van der Waals surface area contributed by atoms with Gasteiger partial charge in [0.05, 0.1) is 12.3 Å². The number of anilines is 2.